The van der Waals surface area contributed by atoms with Crippen molar-refractivity contribution in [1.82, 2.24) is 0 Å². The largest absolute Gasteiger partial charge is 0.489 e. The quantitative estimate of drug-likeness (QED) is 0.561. The Hall–Kier alpha value is -1.59. The van der Waals surface area contributed by atoms with Gasteiger partial charge in [0.05, 0.1) is 0 Å². The maximum absolute atomic E-state index is 10.8. The highest BCUT2D eigenvalue weighted by atomic mass is 16.4. The van der Waals surface area contributed by atoms with Crippen molar-refractivity contribution in [2.75, 3.05) is 0 Å². The van der Waals surface area contributed by atoms with E-state index in [1.165, 1.54) is 6.08 Å². The minimum atomic E-state index is -1.57. The van der Waals surface area contributed by atoms with Crippen molar-refractivity contribution in [3.05, 3.63) is 34.9 Å². The Balaban J connectivity index is 2.49. The Bertz CT molecular complexity index is 451. The molecular weight excluding hydrogens is 195 g/mol. The molecule has 1 aliphatic rings. The van der Waals surface area contributed by atoms with Crippen molar-refractivity contribution < 1.29 is 19.9 Å². The molecule has 76 valence electrons. The molecule has 0 fully saturated rings. The summed E-state index contributed by atoms with van der Waals surface area (Å²) in [5.41, 5.74) is 2.06. The van der Waals surface area contributed by atoms with Gasteiger partial charge in [0.25, 0.3) is 0 Å². The second kappa shape index (κ2) is 3.53. The highest BCUT2D eigenvalue weighted by Gasteiger charge is 2.23. The molecule has 0 aromatic heterocycles. The minimum absolute atomic E-state index is 0.276. The highest BCUT2D eigenvalue weighted by Crippen LogP contribution is 2.23. The third-order valence-corrected chi connectivity index (χ3v) is 2.48. The van der Waals surface area contributed by atoms with Crippen molar-refractivity contribution in [3.8, 4) is 0 Å². The fraction of sp³-hybridized carbons (Fsp3) is 0.100. The van der Waals surface area contributed by atoms with E-state index >= 15 is 0 Å². The topological polar surface area (TPSA) is 77.8 Å². The smallest absolute Gasteiger partial charge is 0.478 e. The molecule has 3 N–H and O–H groups in total. The number of rotatable bonds is 2. The molecule has 0 atom stereocenters. The van der Waals surface area contributed by atoms with Gasteiger partial charge in [0.1, 0.15) is 0 Å². The summed E-state index contributed by atoms with van der Waals surface area (Å²) in [6.07, 6.45) is 1.83. The molecule has 15 heavy (non-hydrogen) atoms. The lowest BCUT2D eigenvalue weighted by Gasteiger charge is -2.05. The Kier molecular flexibility index (Phi) is 2.34. The standard InChI is InChI=1S/C10H9BO4/c12-10(13)7-4-6-2-1-3-9(11(14)15)8(6)5-7/h1-3,5,14-15H,4H2,(H,12,13). The Labute approximate surface area is 86.6 Å². The second-order valence-corrected chi connectivity index (χ2v) is 3.45. The Morgan fingerprint density at radius 2 is 2.07 bits per heavy atom. The van der Waals surface area contributed by atoms with Gasteiger partial charge in [-0.3, -0.25) is 0 Å². The van der Waals surface area contributed by atoms with E-state index in [1.54, 1.807) is 18.2 Å². The lowest BCUT2D eigenvalue weighted by atomic mass is 9.76. The molecule has 0 bridgehead atoms. The van der Waals surface area contributed by atoms with Crippen LogP contribution in [0, 0.1) is 0 Å². The Morgan fingerprint density at radius 1 is 1.33 bits per heavy atom. The summed E-state index contributed by atoms with van der Waals surface area (Å²) < 4.78 is 0. The van der Waals surface area contributed by atoms with Gasteiger partial charge in [0.15, 0.2) is 0 Å². The summed E-state index contributed by atoms with van der Waals surface area (Å²) in [5, 5.41) is 27.0. The maximum atomic E-state index is 10.8. The van der Waals surface area contributed by atoms with Crippen LogP contribution in [-0.2, 0) is 11.2 Å². The number of hydrogen-bond acceptors (Lipinski definition) is 3. The second-order valence-electron chi connectivity index (χ2n) is 3.45. The van der Waals surface area contributed by atoms with Gasteiger partial charge in [-0.1, -0.05) is 18.2 Å². The number of benzene rings is 1. The van der Waals surface area contributed by atoms with Crippen LogP contribution < -0.4 is 5.46 Å². The first kappa shape index (κ1) is 9.95. The van der Waals surface area contributed by atoms with Gasteiger partial charge in [-0.15, -0.1) is 0 Å². The zero-order chi connectivity index (χ0) is 11.0. The van der Waals surface area contributed by atoms with E-state index in [9.17, 15) is 4.79 Å². The van der Waals surface area contributed by atoms with E-state index < -0.39 is 13.1 Å². The Morgan fingerprint density at radius 3 is 2.67 bits per heavy atom. The van der Waals surface area contributed by atoms with E-state index in [-0.39, 0.29) is 5.57 Å². The van der Waals surface area contributed by atoms with Crippen LogP contribution in [0.5, 0.6) is 0 Å². The zero-order valence-electron chi connectivity index (χ0n) is 7.84. The van der Waals surface area contributed by atoms with Crippen LogP contribution in [0.2, 0.25) is 0 Å². The molecule has 0 aliphatic heterocycles. The molecule has 0 heterocycles. The van der Waals surface area contributed by atoms with Crippen LogP contribution in [0.25, 0.3) is 6.08 Å². The van der Waals surface area contributed by atoms with Gasteiger partial charge < -0.3 is 15.2 Å². The molecule has 2 rings (SSSR count). The van der Waals surface area contributed by atoms with Gasteiger partial charge in [-0.2, -0.15) is 0 Å². The van der Waals surface area contributed by atoms with Crippen molar-refractivity contribution in [3.63, 3.8) is 0 Å². The molecule has 5 heteroatoms. The van der Waals surface area contributed by atoms with Crippen molar-refractivity contribution in [2.24, 2.45) is 0 Å². The van der Waals surface area contributed by atoms with Gasteiger partial charge >= 0.3 is 13.1 Å². The first-order valence-electron chi connectivity index (χ1n) is 4.51. The number of hydrogen-bond donors (Lipinski definition) is 3. The molecule has 1 aromatic carbocycles. The lowest BCUT2D eigenvalue weighted by molar-refractivity contribution is -0.132. The van der Waals surface area contributed by atoms with Crippen LogP contribution in [0.4, 0.5) is 0 Å². The van der Waals surface area contributed by atoms with Crippen LogP contribution >= 0.6 is 0 Å². The number of fused-ring (bicyclic) bond motifs is 1. The fourth-order valence-corrected chi connectivity index (χ4v) is 1.76. The van der Waals surface area contributed by atoms with E-state index in [0.717, 1.165) is 5.56 Å². The summed E-state index contributed by atoms with van der Waals surface area (Å²) in [4.78, 5) is 10.8. The summed E-state index contributed by atoms with van der Waals surface area (Å²) >= 11 is 0. The first-order valence-corrected chi connectivity index (χ1v) is 4.51. The van der Waals surface area contributed by atoms with Crippen molar-refractivity contribution >= 4 is 24.6 Å². The van der Waals surface area contributed by atoms with Gasteiger partial charge in [0, 0.05) is 12.0 Å². The molecule has 0 unspecified atom stereocenters. The van der Waals surface area contributed by atoms with Crippen LogP contribution in [-0.4, -0.2) is 28.2 Å². The number of carboxylic acids is 1. The third kappa shape index (κ3) is 1.67. The van der Waals surface area contributed by atoms with Gasteiger partial charge in [0.2, 0.25) is 0 Å². The van der Waals surface area contributed by atoms with Crippen molar-refractivity contribution in [2.45, 2.75) is 6.42 Å². The van der Waals surface area contributed by atoms with E-state index in [4.69, 9.17) is 15.2 Å². The molecule has 0 radical (unpaired) electrons. The molecule has 1 aliphatic carbocycles. The molecule has 0 saturated carbocycles. The maximum Gasteiger partial charge on any atom is 0.489 e. The molecular formula is C10H9BO4. The average Bonchev–Trinajstić information content (AvgIpc) is 2.60. The van der Waals surface area contributed by atoms with Crippen LogP contribution in [0.1, 0.15) is 11.1 Å². The monoisotopic (exact) mass is 204 g/mol. The lowest BCUT2D eigenvalue weighted by Crippen LogP contribution is -2.32. The summed E-state index contributed by atoms with van der Waals surface area (Å²) in [7, 11) is -1.57. The number of carbonyl (C=O) groups is 1. The van der Waals surface area contributed by atoms with E-state index in [1.807, 2.05) is 0 Å². The first-order chi connectivity index (χ1) is 7.09. The summed E-state index contributed by atoms with van der Waals surface area (Å²) in [6.45, 7) is 0. The van der Waals surface area contributed by atoms with Crippen LogP contribution in [0.3, 0.4) is 0 Å². The highest BCUT2D eigenvalue weighted by molar-refractivity contribution is 6.59. The number of aliphatic carboxylic acids is 1. The SMILES string of the molecule is O=C(O)C1=Cc2c(cccc2B(O)O)C1. The summed E-state index contributed by atoms with van der Waals surface area (Å²) in [6, 6.07) is 5.05. The molecule has 0 saturated heterocycles. The van der Waals surface area contributed by atoms with E-state index in [2.05, 4.69) is 0 Å². The molecule has 0 amide bonds. The average molecular weight is 204 g/mol. The van der Waals surface area contributed by atoms with E-state index in [0.29, 0.717) is 17.4 Å². The molecule has 4 nitrogen and oxygen atoms in total. The minimum Gasteiger partial charge on any atom is -0.478 e. The summed E-state index contributed by atoms with van der Waals surface area (Å²) in [5.74, 6) is -0.968. The predicted octanol–water partition coefficient (Wildman–Crippen LogP) is -0.610. The molecule has 1 aromatic rings. The van der Waals surface area contributed by atoms with Crippen molar-refractivity contribution in [1.29, 1.82) is 0 Å². The van der Waals surface area contributed by atoms with Gasteiger partial charge in [-0.05, 0) is 22.7 Å². The third-order valence-electron chi connectivity index (χ3n) is 2.48. The number of carboxylic acid groups (broad SMARTS) is 1. The zero-order valence-corrected chi connectivity index (χ0v) is 7.84. The normalized spacial score (nSPS) is 13.3. The fourth-order valence-electron chi connectivity index (χ4n) is 1.76. The molecule has 0 spiro atoms. The van der Waals surface area contributed by atoms with Crippen LogP contribution in [0.15, 0.2) is 23.8 Å². The van der Waals surface area contributed by atoms with Gasteiger partial charge in [-0.25, -0.2) is 4.79 Å². The predicted molar refractivity (Wildman–Crippen MR) is 55.6 cm³/mol.